The normalized spacial score (nSPS) is 14.3. The molecule has 126 valence electrons. The second-order valence-electron chi connectivity index (χ2n) is 5.08. The van der Waals surface area contributed by atoms with Crippen molar-refractivity contribution < 1.29 is 14.3 Å². The fourth-order valence-electron chi connectivity index (χ4n) is 2.16. The molecule has 1 aromatic carbocycles. The third-order valence-electron chi connectivity index (χ3n) is 3.28. The molecule has 0 saturated heterocycles. The third-order valence-corrected chi connectivity index (χ3v) is 5.34. The number of thioether (sulfide) groups is 1. The maximum absolute atomic E-state index is 12.6. The van der Waals surface area contributed by atoms with Gasteiger partial charge in [0.1, 0.15) is 5.75 Å². The number of hydrogen-bond acceptors (Lipinski definition) is 8. The van der Waals surface area contributed by atoms with Gasteiger partial charge >= 0.3 is 0 Å². The van der Waals surface area contributed by atoms with Gasteiger partial charge in [0.15, 0.2) is 16.7 Å². The standard InChI is InChI=1S/C15H16N4O3S2/c1-3-16-14-18-19-15(24-14)23-8(2)13(21)9-4-5-11-10(6-9)17-12(20)7-22-11/h4-6,8H,3,7H2,1-2H3,(H,16,18)(H,17,20). The highest BCUT2D eigenvalue weighted by molar-refractivity contribution is 8.02. The molecule has 2 aromatic rings. The maximum atomic E-state index is 12.6. The minimum atomic E-state index is -0.314. The van der Waals surface area contributed by atoms with Crippen LogP contribution in [0.2, 0.25) is 0 Å². The number of Topliss-reactive ketones (excluding diaryl/α,β-unsaturated/α-hetero) is 1. The van der Waals surface area contributed by atoms with E-state index in [1.807, 2.05) is 13.8 Å². The van der Waals surface area contributed by atoms with Crippen LogP contribution in [0.5, 0.6) is 5.75 Å². The molecule has 3 rings (SSSR count). The molecule has 1 amide bonds. The van der Waals surface area contributed by atoms with Crippen LogP contribution in [0, 0.1) is 0 Å². The summed E-state index contributed by atoms with van der Waals surface area (Å²) in [6.45, 7) is 4.59. The molecule has 0 fully saturated rings. The number of fused-ring (bicyclic) bond motifs is 1. The Bertz CT molecular complexity index is 778. The van der Waals surface area contributed by atoms with Crippen LogP contribution in [0.25, 0.3) is 0 Å². The molecule has 0 aliphatic carbocycles. The molecule has 1 unspecified atom stereocenters. The van der Waals surface area contributed by atoms with E-state index in [2.05, 4.69) is 20.8 Å². The van der Waals surface area contributed by atoms with E-state index in [0.29, 0.717) is 17.0 Å². The van der Waals surface area contributed by atoms with Gasteiger partial charge in [-0.15, -0.1) is 10.2 Å². The number of ketones is 1. The minimum Gasteiger partial charge on any atom is -0.482 e. The van der Waals surface area contributed by atoms with Crippen LogP contribution in [0.15, 0.2) is 22.5 Å². The van der Waals surface area contributed by atoms with Gasteiger partial charge in [-0.1, -0.05) is 23.1 Å². The van der Waals surface area contributed by atoms with Gasteiger partial charge in [0, 0.05) is 12.1 Å². The zero-order chi connectivity index (χ0) is 17.1. The SMILES string of the molecule is CCNc1nnc(SC(C)C(=O)c2ccc3c(c2)NC(=O)CO3)s1. The van der Waals surface area contributed by atoms with E-state index in [0.717, 1.165) is 16.0 Å². The van der Waals surface area contributed by atoms with Gasteiger partial charge in [-0.3, -0.25) is 9.59 Å². The molecule has 0 spiro atoms. The molecule has 0 radical (unpaired) electrons. The number of carbonyl (C=O) groups is 2. The summed E-state index contributed by atoms with van der Waals surface area (Å²) < 4.78 is 6.04. The molecular weight excluding hydrogens is 348 g/mol. The van der Waals surface area contributed by atoms with Crippen molar-refractivity contribution in [3.05, 3.63) is 23.8 Å². The summed E-state index contributed by atoms with van der Waals surface area (Å²) in [6.07, 6.45) is 0. The Morgan fingerprint density at radius 2 is 2.33 bits per heavy atom. The number of ether oxygens (including phenoxy) is 1. The molecule has 1 aromatic heterocycles. The molecular formula is C15H16N4O3S2. The minimum absolute atomic E-state index is 0.00226. The van der Waals surface area contributed by atoms with E-state index in [-0.39, 0.29) is 23.5 Å². The molecule has 24 heavy (non-hydrogen) atoms. The van der Waals surface area contributed by atoms with Gasteiger partial charge in [0.05, 0.1) is 10.9 Å². The van der Waals surface area contributed by atoms with Crippen molar-refractivity contribution in [1.29, 1.82) is 0 Å². The van der Waals surface area contributed by atoms with E-state index < -0.39 is 0 Å². The zero-order valence-corrected chi connectivity index (χ0v) is 14.8. The monoisotopic (exact) mass is 364 g/mol. The van der Waals surface area contributed by atoms with Gasteiger partial charge < -0.3 is 15.4 Å². The van der Waals surface area contributed by atoms with Crippen molar-refractivity contribution in [2.45, 2.75) is 23.4 Å². The average Bonchev–Trinajstić information content (AvgIpc) is 3.00. The largest absolute Gasteiger partial charge is 0.482 e. The van der Waals surface area contributed by atoms with Crippen molar-refractivity contribution in [1.82, 2.24) is 10.2 Å². The second kappa shape index (κ2) is 7.18. The quantitative estimate of drug-likeness (QED) is 0.601. The van der Waals surface area contributed by atoms with Crippen LogP contribution in [0.3, 0.4) is 0 Å². The Morgan fingerprint density at radius 1 is 1.50 bits per heavy atom. The Hall–Kier alpha value is -2.13. The fourth-order valence-corrected chi connectivity index (χ4v) is 4.20. The van der Waals surface area contributed by atoms with Gasteiger partial charge in [-0.25, -0.2) is 0 Å². The molecule has 1 atom stereocenters. The predicted molar refractivity (Wildman–Crippen MR) is 94.3 cm³/mol. The lowest BCUT2D eigenvalue weighted by molar-refractivity contribution is -0.118. The number of nitrogens with zero attached hydrogens (tertiary/aromatic N) is 2. The number of anilines is 2. The van der Waals surface area contributed by atoms with Crippen molar-refractivity contribution in [3.8, 4) is 5.75 Å². The van der Waals surface area contributed by atoms with Gasteiger partial charge in [0.2, 0.25) is 5.13 Å². The molecule has 0 bridgehead atoms. The number of aromatic nitrogens is 2. The number of nitrogens with one attached hydrogen (secondary N) is 2. The first-order valence-electron chi connectivity index (χ1n) is 7.41. The summed E-state index contributed by atoms with van der Waals surface area (Å²) in [7, 11) is 0. The first kappa shape index (κ1) is 16.7. The summed E-state index contributed by atoms with van der Waals surface area (Å²) in [5.41, 5.74) is 1.05. The number of carbonyl (C=O) groups excluding carboxylic acids is 2. The van der Waals surface area contributed by atoms with Crippen LogP contribution >= 0.6 is 23.1 Å². The number of benzene rings is 1. The topological polar surface area (TPSA) is 93.2 Å². The highest BCUT2D eigenvalue weighted by Gasteiger charge is 2.22. The molecule has 2 N–H and O–H groups in total. The lowest BCUT2D eigenvalue weighted by Gasteiger charge is -2.18. The smallest absolute Gasteiger partial charge is 0.262 e. The lowest BCUT2D eigenvalue weighted by atomic mass is 10.1. The summed E-state index contributed by atoms with van der Waals surface area (Å²) in [5.74, 6) is 0.313. The van der Waals surface area contributed by atoms with E-state index in [1.165, 1.54) is 23.1 Å². The Balaban J connectivity index is 1.71. The Morgan fingerprint density at radius 3 is 3.12 bits per heavy atom. The number of rotatable bonds is 6. The molecule has 7 nitrogen and oxygen atoms in total. The van der Waals surface area contributed by atoms with Crippen molar-refractivity contribution in [2.24, 2.45) is 0 Å². The molecule has 2 heterocycles. The predicted octanol–water partition coefficient (Wildman–Crippen LogP) is 2.66. The summed E-state index contributed by atoms with van der Waals surface area (Å²) in [6, 6.07) is 5.06. The van der Waals surface area contributed by atoms with Crippen LogP contribution < -0.4 is 15.4 Å². The summed E-state index contributed by atoms with van der Waals surface area (Å²) in [5, 5.41) is 14.3. The van der Waals surface area contributed by atoms with Gasteiger partial charge in [-0.2, -0.15) is 0 Å². The highest BCUT2D eigenvalue weighted by Crippen LogP contribution is 2.33. The van der Waals surface area contributed by atoms with E-state index in [1.54, 1.807) is 18.2 Å². The van der Waals surface area contributed by atoms with Crippen LogP contribution in [-0.2, 0) is 4.79 Å². The average molecular weight is 364 g/mol. The molecule has 1 aliphatic heterocycles. The van der Waals surface area contributed by atoms with Crippen LogP contribution in [-0.4, -0.2) is 40.3 Å². The lowest BCUT2D eigenvalue weighted by Crippen LogP contribution is -2.25. The van der Waals surface area contributed by atoms with Crippen molar-refractivity contribution in [3.63, 3.8) is 0 Å². The molecule has 1 aliphatic rings. The Kier molecular flexibility index (Phi) is 5.00. The third kappa shape index (κ3) is 3.68. The Labute approximate surface area is 147 Å². The van der Waals surface area contributed by atoms with Crippen LogP contribution in [0.1, 0.15) is 24.2 Å². The van der Waals surface area contributed by atoms with E-state index >= 15 is 0 Å². The molecule has 0 saturated carbocycles. The highest BCUT2D eigenvalue weighted by atomic mass is 32.2. The fraction of sp³-hybridized carbons (Fsp3) is 0.333. The zero-order valence-electron chi connectivity index (χ0n) is 13.2. The van der Waals surface area contributed by atoms with Gasteiger partial charge in [-0.05, 0) is 32.0 Å². The maximum Gasteiger partial charge on any atom is 0.262 e. The van der Waals surface area contributed by atoms with Crippen molar-refractivity contribution >= 4 is 45.6 Å². The summed E-state index contributed by atoms with van der Waals surface area (Å²) in [4.78, 5) is 24.0. The van der Waals surface area contributed by atoms with E-state index in [4.69, 9.17) is 4.74 Å². The van der Waals surface area contributed by atoms with Crippen LogP contribution in [0.4, 0.5) is 10.8 Å². The van der Waals surface area contributed by atoms with Crippen molar-refractivity contribution in [2.75, 3.05) is 23.8 Å². The van der Waals surface area contributed by atoms with Gasteiger partial charge in [0.25, 0.3) is 5.91 Å². The molecule has 9 heteroatoms. The first-order valence-corrected chi connectivity index (χ1v) is 9.11. The number of hydrogen-bond donors (Lipinski definition) is 2. The first-order chi connectivity index (χ1) is 11.6. The number of amides is 1. The van der Waals surface area contributed by atoms with E-state index in [9.17, 15) is 9.59 Å². The second-order valence-corrected chi connectivity index (χ2v) is 7.64. The summed E-state index contributed by atoms with van der Waals surface area (Å²) >= 11 is 2.79.